The first kappa shape index (κ1) is 16.5. The fourth-order valence-electron chi connectivity index (χ4n) is 1.73. The standard InChI is InChI=1S/C15H14N2O5S/c1-21-10-6-4-3-5-9(10)16-12(18)8-13-17-15(20)11(23-13)7-14(19)22-2/h3-8H,1-2H3,(H,16,18)(H,17,20)/b11-7-,13-8+. The number of carbonyl (C=O) groups is 2. The highest BCUT2D eigenvalue weighted by atomic mass is 32.1. The Hall–Kier alpha value is -2.87. The van der Waals surface area contributed by atoms with E-state index in [4.69, 9.17) is 4.74 Å². The molecule has 0 radical (unpaired) electrons. The van der Waals surface area contributed by atoms with Gasteiger partial charge in [-0.2, -0.15) is 0 Å². The van der Waals surface area contributed by atoms with Crippen LogP contribution in [0.3, 0.4) is 0 Å². The van der Waals surface area contributed by atoms with Crippen LogP contribution in [0.5, 0.6) is 5.75 Å². The number of thiazole rings is 1. The zero-order chi connectivity index (χ0) is 16.8. The molecule has 1 amide bonds. The maximum atomic E-state index is 12.0. The van der Waals surface area contributed by atoms with E-state index in [0.29, 0.717) is 16.1 Å². The molecule has 1 aromatic heterocycles. The molecule has 2 aromatic rings. The van der Waals surface area contributed by atoms with Crippen LogP contribution >= 0.6 is 11.3 Å². The lowest BCUT2D eigenvalue weighted by molar-refractivity contribution is -0.133. The van der Waals surface area contributed by atoms with Crippen LogP contribution < -0.4 is 24.8 Å². The van der Waals surface area contributed by atoms with E-state index in [2.05, 4.69) is 15.0 Å². The molecule has 0 aliphatic carbocycles. The van der Waals surface area contributed by atoms with Crippen LogP contribution in [0.25, 0.3) is 12.2 Å². The van der Waals surface area contributed by atoms with Gasteiger partial charge < -0.3 is 19.8 Å². The van der Waals surface area contributed by atoms with E-state index >= 15 is 0 Å². The average molecular weight is 334 g/mol. The number of carbonyl (C=O) groups excluding carboxylic acids is 2. The maximum absolute atomic E-state index is 12.0. The third-order valence-electron chi connectivity index (χ3n) is 2.76. The molecule has 0 atom stereocenters. The molecule has 0 aliphatic heterocycles. The highest BCUT2D eigenvalue weighted by Crippen LogP contribution is 2.22. The number of hydrogen-bond donors (Lipinski definition) is 2. The second kappa shape index (κ2) is 7.41. The molecule has 0 bridgehead atoms. The second-order valence-corrected chi connectivity index (χ2v) is 5.37. The van der Waals surface area contributed by atoms with E-state index in [9.17, 15) is 14.4 Å². The molecule has 1 aromatic carbocycles. The van der Waals surface area contributed by atoms with Gasteiger partial charge in [0.05, 0.1) is 19.9 Å². The van der Waals surface area contributed by atoms with Crippen LogP contribution in [-0.2, 0) is 14.3 Å². The summed E-state index contributed by atoms with van der Waals surface area (Å²) in [6.07, 6.45) is 2.30. The normalized spacial score (nSPS) is 12.1. The van der Waals surface area contributed by atoms with Gasteiger partial charge in [-0.25, -0.2) is 4.79 Å². The Morgan fingerprint density at radius 3 is 2.65 bits per heavy atom. The minimum atomic E-state index is -0.637. The van der Waals surface area contributed by atoms with Crippen molar-refractivity contribution < 1.29 is 19.1 Å². The summed E-state index contributed by atoms with van der Waals surface area (Å²) in [6.45, 7) is 0. The Morgan fingerprint density at radius 1 is 1.22 bits per heavy atom. The molecular formula is C15H14N2O5S. The molecule has 7 nitrogen and oxygen atoms in total. The number of benzene rings is 1. The van der Waals surface area contributed by atoms with Crippen molar-refractivity contribution in [3.8, 4) is 5.75 Å². The molecular weight excluding hydrogens is 320 g/mol. The lowest BCUT2D eigenvalue weighted by Gasteiger charge is -2.07. The summed E-state index contributed by atoms with van der Waals surface area (Å²) in [5.74, 6) is -0.548. The smallest absolute Gasteiger partial charge is 0.332 e. The van der Waals surface area contributed by atoms with E-state index < -0.39 is 17.4 Å². The number of para-hydroxylation sites is 2. The molecule has 0 unspecified atom stereocenters. The third kappa shape index (κ3) is 4.30. The van der Waals surface area contributed by atoms with Crippen LogP contribution in [0.15, 0.2) is 29.1 Å². The van der Waals surface area contributed by atoms with Gasteiger partial charge in [0.2, 0.25) is 0 Å². The number of hydrogen-bond acceptors (Lipinski definition) is 6. The van der Waals surface area contributed by atoms with E-state index in [1.54, 1.807) is 24.3 Å². The third-order valence-corrected chi connectivity index (χ3v) is 3.72. The monoisotopic (exact) mass is 334 g/mol. The van der Waals surface area contributed by atoms with Gasteiger partial charge in [-0.1, -0.05) is 12.1 Å². The van der Waals surface area contributed by atoms with Gasteiger partial charge >= 0.3 is 5.97 Å². The summed E-state index contributed by atoms with van der Waals surface area (Å²) < 4.78 is 10.1. The van der Waals surface area contributed by atoms with Gasteiger partial charge in [-0.3, -0.25) is 9.59 Å². The summed E-state index contributed by atoms with van der Waals surface area (Å²) in [4.78, 5) is 37.3. The number of aromatic amines is 1. The van der Waals surface area contributed by atoms with Crippen LogP contribution in [-0.4, -0.2) is 31.1 Å². The van der Waals surface area contributed by atoms with Crippen molar-refractivity contribution in [2.24, 2.45) is 0 Å². The Morgan fingerprint density at radius 2 is 1.96 bits per heavy atom. The first-order valence-corrected chi connectivity index (χ1v) is 7.29. The van der Waals surface area contributed by atoms with Crippen molar-refractivity contribution in [1.82, 2.24) is 4.98 Å². The molecule has 0 spiro atoms. The molecule has 1 heterocycles. The van der Waals surface area contributed by atoms with Gasteiger partial charge in [0, 0.05) is 12.2 Å². The summed E-state index contributed by atoms with van der Waals surface area (Å²) >= 11 is 0.980. The van der Waals surface area contributed by atoms with Gasteiger partial charge in [0.1, 0.15) is 14.9 Å². The fourth-order valence-corrected chi connectivity index (χ4v) is 2.57. The highest BCUT2D eigenvalue weighted by Gasteiger charge is 2.05. The van der Waals surface area contributed by atoms with Gasteiger partial charge in [0.15, 0.2) is 0 Å². The number of rotatable bonds is 4. The van der Waals surface area contributed by atoms with Crippen molar-refractivity contribution in [1.29, 1.82) is 0 Å². The number of esters is 1. The molecule has 0 saturated carbocycles. The quantitative estimate of drug-likeness (QED) is 0.756. The van der Waals surface area contributed by atoms with Crippen molar-refractivity contribution in [2.75, 3.05) is 19.5 Å². The highest BCUT2D eigenvalue weighted by molar-refractivity contribution is 7.07. The lowest BCUT2D eigenvalue weighted by Crippen LogP contribution is -2.21. The fraction of sp³-hybridized carbons (Fsp3) is 0.133. The number of H-pyrrole nitrogens is 1. The van der Waals surface area contributed by atoms with Gasteiger partial charge in [0.25, 0.3) is 11.5 Å². The predicted octanol–water partition coefficient (Wildman–Crippen LogP) is -0.182. The minimum Gasteiger partial charge on any atom is -0.495 e. The molecule has 2 N–H and O–H groups in total. The molecule has 0 aliphatic rings. The van der Waals surface area contributed by atoms with Gasteiger partial charge in [-0.15, -0.1) is 11.3 Å². The van der Waals surface area contributed by atoms with Crippen molar-refractivity contribution in [3.05, 3.63) is 43.8 Å². The zero-order valence-electron chi connectivity index (χ0n) is 12.4. The average Bonchev–Trinajstić information content (AvgIpc) is 2.86. The molecule has 23 heavy (non-hydrogen) atoms. The maximum Gasteiger partial charge on any atom is 0.332 e. The summed E-state index contributed by atoms with van der Waals surface area (Å²) in [6, 6.07) is 6.95. The summed E-state index contributed by atoms with van der Waals surface area (Å²) in [5.41, 5.74) is 0.0493. The van der Waals surface area contributed by atoms with Crippen molar-refractivity contribution >= 4 is 41.1 Å². The largest absolute Gasteiger partial charge is 0.495 e. The zero-order valence-corrected chi connectivity index (χ0v) is 13.2. The van der Waals surface area contributed by atoms with E-state index in [1.165, 1.54) is 20.3 Å². The Bertz CT molecular complexity index is 897. The van der Waals surface area contributed by atoms with Crippen molar-refractivity contribution in [3.63, 3.8) is 0 Å². The number of amides is 1. The van der Waals surface area contributed by atoms with Crippen LogP contribution in [0, 0.1) is 0 Å². The summed E-state index contributed by atoms with van der Waals surface area (Å²) in [7, 11) is 2.72. The number of nitrogens with one attached hydrogen (secondary N) is 2. The second-order valence-electron chi connectivity index (χ2n) is 4.29. The number of methoxy groups -OCH3 is 2. The Kier molecular flexibility index (Phi) is 5.32. The predicted molar refractivity (Wildman–Crippen MR) is 86.8 cm³/mol. The first-order chi connectivity index (χ1) is 11.0. The van der Waals surface area contributed by atoms with Crippen LogP contribution in [0.4, 0.5) is 5.69 Å². The van der Waals surface area contributed by atoms with E-state index in [-0.39, 0.29) is 4.53 Å². The number of anilines is 1. The number of aromatic nitrogens is 1. The van der Waals surface area contributed by atoms with Crippen molar-refractivity contribution in [2.45, 2.75) is 0 Å². The Labute approximate surface area is 134 Å². The molecule has 0 fully saturated rings. The molecule has 8 heteroatoms. The van der Waals surface area contributed by atoms with Crippen LogP contribution in [0.2, 0.25) is 0 Å². The topological polar surface area (TPSA) is 97.5 Å². The molecule has 0 saturated heterocycles. The minimum absolute atomic E-state index is 0.160. The Balaban J connectivity index is 2.27. The first-order valence-electron chi connectivity index (χ1n) is 6.48. The van der Waals surface area contributed by atoms with Gasteiger partial charge in [-0.05, 0) is 12.1 Å². The van der Waals surface area contributed by atoms with E-state index in [0.717, 1.165) is 17.4 Å². The van der Waals surface area contributed by atoms with E-state index in [1.807, 2.05) is 0 Å². The summed E-state index contributed by atoms with van der Waals surface area (Å²) in [5, 5.41) is 2.65. The SMILES string of the molecule is COC(=O)/C=c1\s/c(=C/C(=O)Nc2ccccc2OC)[nH]c1=O. The molecule has 2 rings (SSSR count). The molecule has 120 valence electrons. The lowest BCUT2D eigenvalue weighted by atomic mass is 10.3. The van der Waals surface area contributed by atoms with Crippen LogP contribution in [0.1, 0.15) is 0 Å². The number of ether oxygens (including phenoxy) is 2.